The average Bonchev–Trinajstić information content (AvgIpc) is 2.99. The zero-order valence-corrected chi connectivity index (χ0v) is 26.7. The van der Waals surface area contributed by atoms with Crippen molar-refractivity contribution in [3.05, 3.63) is 35.9 Å². The van der Waals surface area contributed by atoms with Gasteiger partial charge in [0.05, 0.1) is 25.2 Å². The molecule has 39 heavy (non-hydrogen) atoms. The fourth-order valence-corrected chi connectivity index (χ4v) is 12.5. The van der Waals surface area contributed by atoms with Crippen LogP contribution in [0.25, 0.3) is 0 Å². The van der Waals surface area contributed by atoms with Crippen LogP contribution in [0.15, 0.2) is 30.3 Å². The number of fused-ring (bicyclic) bond motifs is 1. The lowest BCUT2D eigenvalue weighted by molar-refractivity contribution is -0.211. The molecule has 0 radical (unpaired) electrons. The maximum Gasteiger partial charge on any atom is 0.309 e. The molecule has 8 atom stereocenters. The van der Waals surface area contributed by atoms with Crippen LogP contribution in [0.3, 0.4) is 0 Å². The maximum absolute atomic E-state index is 13.0. The van der Waals surface area contributed by atoms with Crippen molar-refractivity contribution >= 4 is 14.3 Å². The minimum Gasteiger partial charge on any atom is -0.457 e. The fourth-order valence-electron chi connectivity index (χ4n) is 6.89. The first-order valence-corrected chi connectivity index (χ1v) is 16.9. The van der Waals surface area contributed by atoms with E-state index < -0.39 is 20.5 Å². The van der Waals surface area contributed by atoms with Gasteiger partial charge in [0.15, 0.2) is 6.10 Å². The second-order valence-electron chi connectivity index (χ2n) is 12.5. The monoisotopic (exact) mass is 564 g/mol. The summed E-state index contributed by atoms with van der Waals surface area (Å²) in [4.78, 5) is 13.0. The van der Waals surface area contributed by atoms with Crippen molar-refractivity contribution in [2.24, 2.45) is 17.8 Å². The smallest absolute Gasteiger partial charge is 0.309 e. The lowest BCUT2D eigenvalue weighted by Crippen LogP contribution is -2.56. The van der Waals surface area contributed by atoms with E-state index >= 15 is 0 Å². The molecule has 2 aliphatic rings. The second-order valence-corrected chi connectivity index (χ2v) is 17.9. The molecule has 0 bridgehead atoms. The summed E-state index contributed by atoms with van der Waals surface area (Å²) in [6.07, 6.45) is -1.92. The third kappa shape index (κ3) is 6.96. The zero-order chi connectivity index (χ0) is 28.9. The minimum atomic E-state index is -2.31. The molecule has 222 valence electrons. The molecule has 0 saturated carbocycles. The van der Waals surface area contributed by atoms with E-state index in [0.29, 0.717) is 29.8 Å². The summed E-state index contributed by atoms with van der Waals surface area (Å²) in [5.74, 6) is -0.631. The Bertz CT molecular complexity index is 870. The molecule has 0 amide bonds. The zero-order valence-electron chi connectivity index (χ0n) is 25.7. The molecule has 2 heterocycles. The topological polar surface area (TPSA) is 72.5 Å². The third-order valence-electron chi connectivity index (χ3n) is 9.13. The predicted octanol–water partition coefficient (Wildman–Crippen LogP) is 6.35. The van der Waals surface area contributed by atoms with Gasteiger partial charge in [0, 0.05) is 13.0 Å². The van der Waals surface area contributed by atoms with Gasteiger partial charge in [-0.15, -0.1) is 0 Å². The van der Waals surface area contributed by atoms with E-state index in [0.717, 1.165) is 5.56 Å². The highest BCUT2D eigenvalue weighted by Crippen LogP contribution is 2.47. The van der Waals surface area contributed by atoms with Crippen LogP contribution >= 0.6 is 0 Å². The Morgan fingerprint density at radius 2 is 1.49 bits per heavy atom. The molecule has 8 heteroatoms. The van der Waals surface area contributed by atoms with Gasteiger partial charge in [-0.1, -0.05) is 92.6 Å². The summed E-state index contributed by atoms with van der Waals surface area (Å²) >= 11 is 0. The molecular formula is C31H52O7Si. The standard InChI is InChI=1S/C31H52O7Si/c1-19(2)39(20(3)4,21(5)6)38-27-24(9)28(35-16-25-14-12-11-13-15-25)30-29(22(7)23(8)31(32)37-30)36-26(27)17-34-18-33-10/h11-15,19-24,26-30H,16-18H2,1-10H3/t22-,23-,24+,26-,27+,28-,29+,30-/m0/s1. The molecule has 3 rings (SSSR count). The van der Waals surface area contributed by atoms with Gasteiger partial charge in [-0.3, -0.25) is 4.79 Å². The van der Waals surface area contributed by atoms with Crippen molar-refractivity contribution in [1.29, 1.82) is 0 Å². The Balaban J connectivity index is 2.07. The summed E-state index contributed by atoms with van der Waals surface area (Å²) < 4.78 is 38.3. The fraction of sp³-hybridized carbons (Fsp3) is 0.774. The molecular weight excluding hydrogens is 512 g/mol. The number of ether oxygens (including phenoxy) is 5. The highest BCUT2D eigenvalue weighted by molar-refractivity contribution is 6.77. The number of methoxy groups -OCH3 is 1. The first-order chi connectivity index (χ1) is 18.4. The summed E-state index contributed by atoms with van der Waals surface area (Å²) in [6, 6.07) is 10.1. The molecule has 2 saturated heterocycles. The maximum atomic E-state index is 13.0. The number of hydrogen-bond acceptors (Lipinski definition) is 7. The van der Waals surface area contributed by atoms with E-state index in [2.05, 4.69) is 67.5 Å². The summed E-state index contributed by atoms with van der Waals surface area (Å²) in [7, 11) is -0.690. The van der Waals surface area contributed by atoms with Crippen LogP contribution in [-0.4, -0.2) is 65.3 Å². The van der Waals surface area contributed by atoms with E-state index in [4.69, 9.17) is 28.1 Å². The van der Waals surface area contributed by atoms with E-state index in [9.17, 15) is 4.79 Å². The highest BCUT2D eigenvalue weighted by atomic mass is 28.4. The number of benzene rings is 1. The van der Waals surface area contributed by atoms with Gasteiger partial charge >= 0.3 is 5.97 Å². The van der Waals surface area contributed by atoms with Crippen LogP contribution in [-0.2, 0) is 39.5 Å². The summed E-state index contributed by atoms with van der Waals surface area (Å²) in [6.45, 7) is 20.8. The van der Waals surface area contributed by atoms with Crippen LogP contribution in [0.4, 0.5) is 0 Å². The first-order valence-electron chi connectivity index (χ1n) is 14.7. The molecule has 2 fully saturated rings. The Morgan fingerprint density at radius 3 is 2.05 bits per heavy atom. The van der Waals surface area contributed by atoms with Crippen LogP contribution < -0.4 is 0 Å². The van der Waals surface area contributed by atoms with Crippen molar-refractivity contribution < 1.29 is 32.9 Å². The summed E-state index contributed by atoms with van der Waals surface area (Å²) in [5, 5.41) is 0. The predicted molar refractivity (Wildman–Crippen MR) is 155 cm³/mol. The van der Waals surface area contributed by atoms with Crippen molar-refractivity contribution in [1.82, 2.24) is 0 Å². The lowest BCUT2D eigenvalue weighted by Gasteiger charge is -2.47. The van der Waals surface area contributed by atoms with Gasteiger partial charge in [-0.25, -0.2) is 0 Å². The van der Waals surface area contributed by atoms with Gasteiger partial charge in [-0.05, 0) is 28.1 Å². The van der Waals surface area contributed by atoms with Crippen LogP contribution in [0, 0.1) is 17.8 Å². The van der Waals surface area contributed by atoms with Crippen molar-refractivity contribution in [3.63, 3.8) is 0 Å². The number of carbonyl (C=O) groups is 1. The van der Waals surface area contributed by atoms with Gasteiger partial charge in [0.2, 0.25) is 8.32 Å². The molecule has 1 aromatic rings. The number of esters is 1. The van der Waals surface area contributed by atoms with Gasteiger partial charge < -0.3 is 28.1 Å². The number of hydrogen-bond donors (Lipinski definition) is 0. The first kappa shape index (κ1) is 32.2. The summed E-state index contributed by atoms with van der Waals surface area (Å²) in [5.41, 5.74) is 2.27. The van der Waals surface area contributed by atoms with E-state index in [1.807, 2.05) is 25.1 Å². The van der Waals surface area contributed by atoms with E-state index in [-0.39, 0.29) is 48.8 Å². The van der Waals surface area contributed by atoms with Crippen LogP contribution in [0.1, 0.15) is 67.9 Å². The lowest BCUT2D eigenvalue weighted by atomic mass is 9.81. The van der Waals surface area contributed by atoms with E-state index in [1.54, 1.807) is 7.11 Å². The van der Waals surface area contributed by atoms with Crippen molar-refractivity contribution in [2.45, 2.75) is 116 Å². The Kier molecular flexibility index (Phi) is 11.6. The molecule has 0 spiro atoms. The van der Waals surface area contributed by atoms with Gasteiger partial charge in [0.25, 0.3) is 0 Å². The Morgan fingerprint density at radius 1 is 0.872 bits per heavy atom. The highest BCUT2D eigenvalue weighted by Gasteiger charge is 2.56. The average molecular weight is 565 g/mol. The van der Waals surface area contributed by atoms with E-state index in [1.165, 1.54) is 0 Å². The van der Waals surface area contributed by atoms with Gasteiger partial charge in [-0.2, -0.15) is 0 Å². The second kappa shape index (κ2) is 14.1. The molecule has 0 aromatic heterocycles. The third-order valence-corrected chi connectivity index (χ3v) is 15.2. The molecule has 7 nitrogen and oxygen atoms in total. The Hall–Kier alpha value is -1.29. The van der Waals surface area contributed by atoms with Crippen molar-refractivity contribution in [2.75, 3.05) is 20.5 Å². The van der Waals surface area contributed by atoms with Crippen LogP contribution in [0.5, 0.6) is 0 Å². The SMILES string of the molecule is COCOC[C@@H]1O[C@@H]2[C@@H](C)[C@H](C)C(=O)O[C@H]2[C@@H](OCc2ccccc2)[C@H](C)[C@H]1O[Si](C(C)C)(C(C)C)C(C)C. The number of carbonyl (C=O) groups excluding carboxylic acids is 1. The molecule has 0 N–H and O–H groups in total. The molecule has 1 aromatic carbocycles. The molecule has 0 aliphatic carbocycles. The van der Waals surface area contributed by atoms with Gasteiger partial charge in [0.1, 0.15) is 25.1 Å². The Labute approximate surface area is 237 Å². The van der Waals surface area contributed by atoms with Crippen molar-refractivity contribution in [3.8, 4) is 0 Å². The largest absolute Gasteiger partial charge is 0.457 e. The molecule has 2 aliphatic heterocycles. The molecule has 0 unspecified atom stereocenters. The van der Waals surface area contributed by atoms with Crippen LogP contribution in [0.2, 0.25) is 16.6 Å². The minimum absolute atomic E-state index is 0.0442. The quantitative estimate of drug-likeness (QED) is 0.127. The normalized spacial score (nSPS) is 31.9. The number of rotatable bonds is 12.